The highest BCUT2D eigenvalue weighted by molar-refractivity contribution is 9.10. The lowest BCUT2D eigenvalue weighted by molar-refractivity contribution is 0.211. The molecule has 0 radical (unpaired) electrons. The van der Waals surface area contributed by atoms with Crippen molar-refractivity contribution >= 4 is 37.9 Å². The fourth-order valence-corrected chi connectivity index (χ4v) is 5.57. The van der Waals surface area contributed by atoms with Gasteiger partial charge in [0.1, 0.15) is 0 Å². The van der Waals surface area contributed by atoms with Crippen LogP contribution in [0.1, 0.15) is 29.2 Å². The molecule has 0 spiro atoms. The van der Waals surface area contributed by atoms with Gasteiger partial charge in [-0.1, -0.05) is 64.5 Å². The number of hydrogen-bond acceptors (Lipinski definition) is 6. The lowest BCUT2D eigenvalue weighted by Crippen LogP contribution is -2.47. The molecule has 1 atom stereocenters. The molecule has 2 aromatic carbocycles. The van der Waals surface area contributed by atoms with Gasteiger partial charge in [0.25, 0.3) is 0 Å². The number of rotatable bonds is 5. The van der Waals surface area contributed by atoms with Crippen LogP contribution in [0.5, 0.6) is 5.88 Å². The molecule has 1 aliphatic rings. The minimum Gasteiger partial charge on any atom is -0.492 e. The van der Waals surface area contributed by atoms with Gasteiger partial charge in [-0.05, 0) is 29.8 Å². The molecule has 0 saturated carbocycles. The number of benzene rings is 2. The van der Waals surface area contributed by atoms with E-state index in [1.807, 2.05) is 6.92 Å². The fraction of sp³-hybridized carbons (Fsp3) is 0.304. The molecule has 1 saturated heterocycles. The normalized spacial score (nSPS) is 16.1. The van der Waals surface area contributed by atoms with Gasteiger partial charge < -0.3 is 10.0 Å². The van der Waals surface area contributed by atoms with E-state index in [1.165, 1.54) is 17.0 Å². The standard InChI is InChI=1S/C23H24BrN5OS/c1-2-19-25-23-29(26-19)22(30)21(31-23)20(16-8-10-17(24)11-9-16)28-14-12-27(13-15-28)18-6-4-3-5-7-18/h3-11,20,30H,2,12-15H2,1H3/t20-/m1/s1. The molecule has 0 bridgehead atoms. The quantitative estimate of drug-likeness (QED) is 0.431. The van der Waals surface area contributed by atoms with E-state index in [-0.39, 0.29) is 11.9 Å². The average molecular weight is 498 g/mol. The molecule has 31 heavy (non-hydrogen) atoms. The molecule has 1 N–H and O–H groups in total. The summed E-state index contributed by atoms with van der Waals surface area (Å²) < 4.78 is 2.63. The zero-order valence-electron chi connectivity index (χ0n) is 17.3. The minimum atomic E-state index is -0.0374. The zero-order chi connectivity index (χ0) is 21.4. The number of aromatic hydroxyl groups is 1. The fourth-order valence-electron chi connectivity index (χ4n) is 4.17. The second-order valence-electron chi connectivity index (χ2n) is 7.68. The number of anilines is 1. The summed E-state index contributed by atoms with van der Waals surface area (Å²) in [5, 5.41) is 15.5. The molecular formula is C23H24BrN5OS. The topological polar surface area (TPSA) is 56.9 Å². The van der Waals surface area contributed by atoms with Gasteiger partial charge in [-0.15, -0.1) is 5.10 Å². The number of thiazole rings is 1. The molecule has 3 heterocycles. The smallest absolute Gasteiger partial charge is 0.230 e. The summed E-state index contributed by atoms with van der Waals surface area (Å²) in [5.74, 6) is 0.954. The Morgan fingerprint density at radius 2 is 1.74 bits per heavy atom. The first kappa shape index (κ1) is 20.5. The Hall–Kier alpha value is -2.42. The molecule has 8 heteroatoms. The Labute approximate surface area is 193 Å². The van der Waals surface area contributed by atoms with Gasteiger partial charge in [-0.2, -0.15) is 4.52 Å². The van der Waals surface area contributed by atoms with E-state index in [2.05, 4.69) is 90.4 Å². The van der Waals surface area contributed by atoms with E-state index < -0.39 is 0 Å². The number of nitrogens with zero attached hydrogens (tertiary/aromatic N) is 5. The van der Waals surface area contributed by atoms with Crippen LogP contribution in [0.25, 0.3) is 4.96 Å². The second-order valence-corrected chi connectivity index (χ2v) is 9.60. The Bertz CT molecular complexity index is 1170. The van der Waals surface area contributed by atoms with Crippen LogP contribution < -0.4 is 4.90 Å². The molecule has 0 aliphatic carbocycles. The first-order valence-corrected chi connectivity index (χ1v) is 12.1. The van der Waals surface area contributed by atoms with E-state index in [0.717, 1.165) is 58.3 Å². The minimum absolute atomic E-state index is 0.0374. The number of aromatic nitrogens is 3. The molecule has 6 nitrogen and oxygen atoms in total. The lowest BCUT2D eigenvalue weighted by atomic mass is 10.0. The van der Waals surface area contributed by atoms with Gasteiger partial charge in [0.15, 0.2) is 5.82 Å². The molecule has 160 valence electrons. The summed E-state index contributed by atoms with van der Waals surface area (Å²) in [4.78, 5) is 11.1. The second kappa shape index (κ2) is 8.61. The van der Waals surface area contributed by atoms with Crippen LogP contribution >= 0.6 is 27.3 Å². The maximum absolute atomic E-state index is 11.1. The first-order valence-electron chi connectivity index (χ1n) is 10.5. The number of halogens is 1. The Balaban J connectivity index is 1.48. The SMILES string of the molecule is CCc1nc2sc([C@@H](c3ccc(Br)cc3)N3CCN(c4ccccc4)CC3)c(O)n2n1. The van der Waals surface area contributed by atoms with Gasteiger partial charge in [0.05, 0.1) is 10.9 Å². The molecular weight excluding hydrogens is 474 g/mol. The van der Waals surface area contributed by atoms with E-state index in [4.69, 9.17) is 0 Å². The molecule has 4 aromatic rings. The maximum Gasteiger partial charge on any atom is 0.230 e. The summed E-state index contributed by atoms with van der Waals surface area (Å²) in [5.41, 5.74) is 2.42. The lowest BCUT2D eigenvalue weighted by Gasteiger charge is -2.40. The number of para-hydroxylation sites is 1. The predicted octanol–water partition coefficient (Wildman–Crippen LogP) is 4.73. The molecule has 5 rings (SSSR count). The van der Waals surface area contributed by atoms with Gasteiger partial charge in [0, 0.05) is 42.8 Å². The third-order valence-electron chi connectivity index (χ3n) is 5.79. The largest absolute Gasteiger partial charge is 0.492 e. The van der Waals surface area contributed by atoms with Gasteiger partial charge in [0.2, 0.25) is 10.8 Å². The summed E-state index contributed by atoms with van der Waals surface area (Å²) >= 11 is 5.07. The van der Waals surface area contributed by atoms with E-state index in [1.54, 1.807) is 4.52 Å². The summed E-state index contributed by atoms with van der Waals surface area (Å²) in [7, 11) is 0. The summed E-state index contributed by atoms with van der Waals surface area (Å²) in [6.45, 7) is 5.72. The van der Waals surface area contributed by atoms with E-state index >= 15 is 0 Å². The van der Waals surface area contributed by atoms with Crippen molar-refractivity contribution in [1.82, 2.24) is 19.5 Å². The third kappa shape index (κ3) is 3.95. The van der Waals surface area contributed by atoms with Crippen LogP contribution in [0.2, 0.25) is 0 Å². The Morgan fingerprint density at radius 1 is 1.03 bits per heavy atom. The number of hydrogen-bond donors (Lipinski definition) is 1. The van der Waals surface area contributed by atoms with Crippen LogP contribution in [-0.2, 0) is 6.42 Å². The van der Waals surface area contributed by atoms with E-state index in [9.17, 15) is 5.11 Å². The Kier molecular flexibility index (Phi) is 5.69. The van der Waals surface area contributed by atoms with Crippen molar-refractivity contribution in [1.29, 1.82) is 0 Å². The molecule has 0 unspecified atom stereocenters. The Morgan fingerprint density at radius 3 is 2.39 bits per heavy atom. The van der Waals surface area contributed by atoms with Crippen LogP contribution in [0, 0.1) is 0 Å². The van der Waals surface area contributed by atoms with Crippen molar-refractivity contribution in [3.63, 3.8) is 0 Å². The summed E-state index contributed by atoms with van der Waals surface area (Å²) in [6.07, 6.45) is 0.751. The zero-order valence-corrected chi connectivity index (χ0v) is 19.7. The van der Waals surface area contributed by atoms with E-state index in [0.29, 0.717) is 0 Å². The molecule has 2 aromatic heterocycles. The van der Waals surface area contributed by atoms with Crippen LogP contribution in [-0.4, -0.2) is 50.8 Å². The van der Waals surface area contributed by atoms with Crippen molar-refractivity contribution in [2.24, 2.45) is 0 Å². The molecule has 1 aliphatic heterocycles. The van der Waals surface area contributed by atoms with Gasteiger partial charge in [-0.3, -0.25) is 4.90 Å². The van der Waals surface area contributed by atoms with Crippen LogP contribution in [0.4, 0.5) is 5.69 Å². The van der Waals surface area contributed by atoms with Gasteiger partial charge >= 0.3 is 0 Å². The number of aryl methyl sites for hydroxylation is 1. The van der Waals surface area contributed by atoms with Crippen molar-refractivity contribution < 1.29 is 5.11 Å². The first-order chi connectivity index (χ1) is 15.1. The van der Waals surface area contributed by atoms with Crippen molar-refractivity contribution in [3.05, 3.63) is 75.3 Å². The van der Waals surface area contributed by atoms with Crippen LogP contribution in [0.3, 0.4) is 0 Å². The number of fused-ring (bicyclic) bond motifs is 1. The molecule has 0 amide bonds. The van der Waals surface area contributed by atoms with Crippen molar-refractivity contribution in [2.75, 3.05) is 31.1 Å². The monoisotopic (exact) mass is 497 g/mol. The van der Waals surface area contributed by atoms with Gasteiger partial charge in [-0.25, -0.2) is 4.98 Å². The maximum atomic E-state index is 11.1. The molecule has 1 fully saturated rings. The number of piperazine rings is 1. The van der Waals surface area contributed by atoms with Crippen LogP contribution in [0.15, 0.2) is 59.1 Å². The summed E-state index contributed by atoms with van der Waals surface area (Å²) in [6, 6.07) is 18.9. The highest BCUT2D eigenvalue weighted by Crippen LogP contribution is 2.40. The highest BCUT2D eigenvalue weighted by Gasteiger charge is 2.31. The predicted molar refractivity (Wildman–Crippen MR) is 128 cm³/mol. The third-order valence-corrected chi connectivity index (χ3v) is 7.40. The van der Waals surface area contributed by atoms with Crippen molar-refractivity contribution in [2.45, 2.75) is 19.4 Å². The average Bonchev–Trinajstić information content (AvgIpc) is 3.35. The highest BCUT2D eigenvalue weighted by atomic mass is 79.9. The van der Waals surface area contributed by atoms with Crippen molar-refractivity contribution in [3.8, 4) is 5.88 Å².